The van der Waals surface area contributed by atoms with Crippen molar-refractivity contribution in [1.29, 1.82) is 0 Å². The lowest BCUT2D eigenvalue weighted by molar-refractivity contribution is 0.182. The lowest BCUT2D eigenvalue weighted by atomic mass is 10.1. The molecule has 2 aromatic rings. The molecule has 7 nitrogen and oxygen atoms in total. The van der Waals surface area contributed by atoms with Crippen LogP contribution >= 0.6 is 11.8 Å². The summed E-state index contributed by atoms with van der Waals surface area (Å²) in [4.78, 5) is 12.6. The van der Waals surface area contributed by atoms with Crippen LogP contribution in [0.3, 0.4) is 0 Å². The van der Waals surface area contributed by atoms with Crippen molar-refractivity contribution >= 4 is 17.6 Å². The molecule has 1 aliphatic carbocycles. The monoisotopic (exact) mass is 371 g/mol. The Bertz CT molecular complexity index is 865. The van der Waals surface area contributed by atoms with Gasteiger partial charge in [0, 0.05) is 24.2 Å². The minimum atomic E-state index is -0.132. The zero-order chi connectivity index (χ0) is 17.5. The first-order valence-corrected chi connectivity index (χ1v) is 10.3. The van der Waals surface area contributed by atoms with Crippen LogP contribution < -0.4 is 10.9 Å². The SMILES string of the molecule is O=c1cc2c(nn1C1COCC1Nc1ccc(C3CC3)nn1)CCSC2. The Labute approximate surface area is 155 Å². The largest absolute Gasteiger partial charge is 0.377 e. The van der Waals surface area contributed by atoms with Crippen molar-refractivity contribution in [3.63, 3.8) is 0 Å². The van der Waals surface area contributed by atoms with Gasteiger partial charge in [0.05, 0.1) is 30.6 Å². The third kappa shape index (κ3) is 3.12. The molecule has 0 bridgehead atoms. The van der Waals surface area contributed by atoms with Gasteiger partial charge in [-0.15, -0.1) is 5.10 Å². The fraction of sp³-hybridized carbons (Fsp3) is 0.556. The van der Waals surface area contributed by atoms with Crippen LogP contribution in [0.2, 0.25) is 0 Å². The van der Waals surface area contributed by atoms with Crippen LogP contribution in [-0.4, -0.2) is 45.0 Å². The maximum atomic E-state index is 12.6. The molecule has 26 heavy (non-hydrogen) atoms. The molecule has 2 atom stereocenters. The summed E-state index contributed by atoms with van der Waals surface area (Å²) in [5.41, 5.74) is 3.14. The van der Waals surface area contributed by atoms with E-state index < -0.39 is 0 Å². The van der Waals surface area contributed by atoms with E-state index >= 15 is 0 Å². The van der Waals surface area contributed by atoms with Crippen molar-refractivity contribution < 1.29 is 4.74 Å². The molecule has 2 fully saturated rings. The van der Waals surface area contributed by atoms with Crippen LogP contribution in [-0.2, 0) is 16.9 Å². The Morgan fingerprint density at radius 1 is 1.23 bits per heavy atom. The topological polar surface area (TPSA) is 81.9 Å². The summed E-state index contributed by atoms with van der Waals surface area (Å²) >= 11 is 1.85. The van der Waals surface area contributed by atoms with Crippen molar-refractivity contribution in [1.82, 2.24) is 20.0 Å². The Balaban J connectivity index is 1.37. The summed E-state index contributed by atoms with van der Waals surface area (Å²) < 4.78 is 7.26. The van der Waals surface area contributed by atoms with Crippen molar-refractivity contribution in [2.24, 2.45) is 0 Å². The first-order chi connectivity index (χ1) is 12.8. The molecule has 1 saturated carbocycles. The number of ether oxygens (including phenoxy) is 1. The van der Waals surface area contributed by atoms with Gasteiger partial charge in [0.25, 0.3) is 5.56 Å². The summed E-state index contributed by atoms with van der Waals surface area (Å²) in [5, 5.41) is 16.7. The van der Waals surface area contributed by atoms with Gasteiger partial charge >= 0.3 is 0 Å². The number of thioether (sulfide) groups is 1. The zero-order valence-corrected chi connectivity index (χ0v) is 15.2. The molecule has 0 spiro atoms. The number of nitrogens with one attached hydrogen (secondary N) is 1. The quantitative estimate of drug-likeness (QED) is 0.877. The lowest BCUT2D eigenvalue weighted by Gasteiger charge is -2.23. The Morgan fingerprint density at radius 3 is 2.96 bits per heavy atom. The molecular formula is C18H21N5O2S. The van der Waals surface area contributed by atoms with Gasteiger partial charge in [-0.05, 0) is 36.3 Å². The van der Waals surface area contributed by atoms with Gasteiger partial charge in [-0.3, -0.25) is 4.79 Å². The molecule has 0 radical (unpaired) electrons. The van der Waals surface area contributed by atoms with Crippen LogP contribution in [0.25, 0.3) is 0 Å². The highest BCUT2D eigenvalue weighted by molar-refractivity contribution is 7.98. The van der Waals surface area contributed by atoms with Crippen molar-refractivity contribution in [3.8, 4) is 0 Å². The third-order valence-corrected chi connectivity index (χ3v) is 6.25. The van der Waals surface area contributed by atoms with Crippen LogP contribution in [0.4, 0.5) is 5.82 Å². The smallest absolute Gasteiger partial charge is 0.267 e. The predicted octanol–water partition coefficient (Wildman–Crippen LogP) is 1.75. The van der Waals surface area contributed by atoms with Crippen molar-refractivity contribution in [3.05, 3.63) is 45.5 Å². The molecule has 2 aliphatic heterocycles. The molecule has 2 unspecified atom stereocenters. The van der Waals surface area contributed by atoms with Crippen molar-refractivity contribution in [2.75, 3.05) is 24.3 Å². The van der Waals surface area contributed by atoms with Gasteiger partial charge in [-0.1, -0.05) is 0 Å². The summed E-state index contributed by atoms with van der Waals surface area (Å²) in [6, 6.07) is 5.58. The molecule has 1 N–H and O–H groups in total. The molecule has 4 heterocycles. The van der Waals surface area contributed by atoms with E-state index in [1.54, 1.807) is 10.7 Å². The second-order valence-electron chi connectivity index (χ2n) is 7.18. The lowest BCUT2D eigenvalue weighted by Crippen LogP contribution is -2.38. The molecule has 2 aromatic heterocycles. The van der Waals surface area contributed by atoms with E-state index in [2.05, 4.69) is 20.6 Å². The van der Waals surface area contributed by atoms with E-state index in [-0.39, 0.29) is 17.6 Å². The molecule has 0 aromatic carbocycles. The first-order valence-electron chi connectivity index (χ1n) is 9.15. The summed E-state index contributed by atoms with van der Waals surface area (Å²) in [5.74, 6) is 3.25. The highest BCUT2D eigenvalue weighted by Crippen LogP contribution is 2.38. The van der Waals surface area contributed by atoms with Crippen molar-refractivity contribution in [2.45, 2.75) is 43.0 Å². The number of aryl methyl sites for hydroxylation is 1. The maximum absolute atomic E-state index is 12.6. The zero-order valence-electron chi connectivity index (χ0n) is 14.4. The number of hydrogen-bond donors (Lipinski definition) is 1. The van der Waals surface area contributed by atoms with Gasteiger partial charge in [-0.2, -0.15) is 22.0 Å². The number of nitrogens with zero attached hydrogens (tertiary/aromatic N) is 4. The van der Waals surface area contributed by atoms with Gasteiger partial charge in [0.1, 0.15) is 11.9 Å². The number of aromatic nitrogens is 4. The van der Waals surface area contributed by atoms with Crippen LogP contribution in [0.5, 0.6) is 0 Å². The highest BCUT2D eigenvalue weighted by Gasteiger charge is 2.33. The molecule has 1 saturated heterocycles. The van der Waals surface area contributed by atoms with Crippen LogP contribution in [0.15, 0.2) is 23.0 Å². The molecule has 3 aliphatic rings. The standard InChI is InChI=1S/C18H21N5O2S/c24-18-7-12-10-26-6-5-14(12)22-23(18)16-9-25-8-15(16)19-17-4-3-13(20-21-17)11-1-2-11/h3-4,7,11,15-16H,1-2,5-6,8-10H2,(H,19,21). The van der Waals surface area contributed by atoms with E-state index in [9.17, 15) is 4.79 Å². The normalized spacial score (nSPS) is 25.1. The van der Waals surface area contributed by atoms with Crippen LogP contribution in [0, 0.1) is 0 Å². The molecule has 8 heteroatoms. The number of anilines is 1. The average molecular weight is 371 g/mol. The Hall–Kier alpha value is -1.93. The van der Waals surface area contributed by atoms with Crippen LogP contribution in [0.1, 0.15) is 41.8 Å². The summed E-state index contributed by atoms with van der Waals surface area (Å²) in [6.07, 6.45) is 3.34. The Morgan fingerprint density at radius 2 is 2.15 bits per heavy atom. The highest BCUT2D eigenvalue weighted by atomic mass is 32.2. The number of fused-ring (bicyclic) bond motifs is 1. The third-order valence-electron chi connectivity index (χ3n) is 5.24. The number of hydrogen-bond acceptors (Lipinski definition) is 7. The number of rotatable bonds is 4. The molecule has 5 rings (SSSR count). The molecular weight excluding hydrogens is 350 g/mol. The van der Waals surface area contributed by atoms with E-state index in [0.717, 1.165) is 40.7 Å². The Kier molecular flexibility index (Phi) is 4.17. The van der Waals surface area contributed by atoms with E-state index in [1.165, 1.54) is 12.8 Å². The summed E-state index contributed by atoms with van der Waals surface area (Å²) in [6.45, 7) is 1.00. The van der Waals surface area contributed by atoms with E-state index in [1.807, 2.05) is 23.9 Å². The van der Waals surface area contributed by atoms with Gasteiger partial charge < -0.3 is 10.1 Å². The fourth-order valence-corrected chi connectivity index (χ4v) is 4.55. The average Bonchev–Trinajstić information content (AvgIpc) is 3.42. The van der Waals surface area contributed by atoms with Gasteiger partial charge in [-0.25, -0.2) is 4.68 Å². The predicted molar refractivity (Wildman–Crippen MR) is 99.6 cm³/mol. The first kappa shape index (κ1) is 16.3. The second kappa shape index (κ2) is 6.66. The summed E-state index contributed by atoms with van der Waals surface area (Å²) in [7, 11) is 0. The minimum Gasteiger partial charge on any atom is -0.377 e. The minimum absolute atomic E-state index is 0.0442. The van der Waals surface area contributed by atoms with E-state index in [0.29, 0.717) is 19.1 Å². The maximum Gasteiger partial charge on any atom is 0.267 e. The van der Waals surface area contributed by atoms with Gasteiger partial charge in [0.15, 0.2) is 0 Å². The molecule has 0 amide bonds. The van der Waals surface area contributed by atoms with E-state index in [4.69, 9.17) is 4.74 Å². The van der Waals surface area contributed by atoms with Gasteiger partial charge in [0.2, 0.25) is 0 Å². The second-order valence-corrected chi connectivity index (χ2v) is 8.28. The molecule has 136 valence electrons. The fourth-order valence-electron chi connectivity index (χ4n) is 3.59.